The summed E-state index contributed by atoms with van der Waals surface area (Å²) in [7, 11) is 0. The Morgan fingerprint density at radius 2 is 1.88 bits per heavy atom. The largest absolute Gasteiger partial charge is 0.457 e. The van der Waals surface area contributed by atoms with Crippen LogP contribution in [0.4, 0.5) is 0 Å². The number of carbonyl (C=O) groups excluding carboxylic acids is 1. The Morgan fingerprint density at radius 3 is 2.46 bits per heavy atom. The van der Waals surface area contributed by atoms with Crippen molar-refractivity contribution in [3.8, 4) is 11.5 Å². The van der Waals surface area contributed by atoms with E-state index in [1.807, 2.05) is 19.1 Å². The number of benzene rings is 2. The molecule has 0 heterocycles. The molecule has 3 N–H and O–H groups in total. The van der Waals surface area contributed by atoms with Crippen molar-refractivity contribution in [1.29, 1.82) is 0 Å². The van der Waals surface area contributed by atoms with Crippen molar-refractivity contribution in [3.05, 3.63) is 59.2 Å². The molecule has 0 radical (unpaired) electrons. The standard InChI is InChI=1S/C20H26N2O2/c1-14(2)10-11-22-13-16-4-7-18(8-5-16)24-19-9-6-17(20(21)23)12-15(19)3/h4-9,12,14,22H,10-11,13H2,1-3H3,(H2,21,23). The Bertz CT molecular complexity index is 679. The number of amides is 1. The Hall–Kier alpha value is -2.33. The molecule has 0 aromatic heterocycles. The molecule has 0 atom stereocenters. The summed E-state index contributed by atoms with van der Waals surface area (Å²) in [4.78, 5) is 11.2. The molecule has 1 amide bonds. The highest BCUT2D eigenvalue weighted by molar-refractivity contribution is 5.93. The third-order valence-electron chi connectivity index (χ3n) is 3.84. The molecule has 0 bridgehead atoms. The molecule has 2 aromatic rings. The summed E-state index contributed by atoms with van der Waals surface area (Å²) in [5.41, 5.74) is 7.88. The van der Waals surface area contributed by atoms with Crippen molar-refractivity contribution in [3.63, 3.8) is 0 Å². The van der Waals surface area contributed by atoms with Gasteiger partial charge in [-0.1, -0.05) is 26.0 Å². The van der Waals surface area contributed by atoms with E-state index in [0.29, 0.717) is 5.56 Å². The molecule has 0 aliphatic rings. The monoisotopic (exact) mass is 326 g/mol. The van der Waals surface area contributed by atoms with Crippen LogP contribution in [-0.2, 0) is 6.54 Å². The molecule has 0 fully saturated rings. The number of nitrogens with one attached hydrogen (secondary N) is 1. The molecule has 24 heavy (non-hydrogen) atoms. The zero-order valence-corrected chi connectivity index (χ0v) is 14.6. The molecular weight excluding hydrogens is 300 g/mol. The lowest BCUT2D eigenvalue weighted by atomic mass is 10.1. The van der Waals surface area contributed by atoms with E-state index in [9.17, 15) is 4.79 Å². The maximum Gasteiger partial charge on any atom is 0.248 e. The first-order valence-electron chi connectivity index (χ1n) is 8.33. The van der Waals surface area contributed by atoms with Crippen molar-refractivity contribution in [2.24, 2.45) is 11.7 Å². The van der Waals surface area contributed by atoms with Crippen molar-refractivity contribution < 1.29 is 9.53 Å². The molecule has 4 nitrogen and oxygen atoms in total. The summed E-state index contributed by atoms with van der Waals surface area (Å²) in [5, 5.41) is 3.44. The number of ether oxygens (including phenoxy) is 1. The van der Waals surface area contributed by atoms with Gasteiger partial charge in [0.05, 0.1) is 0 Å². The van der Waals surface area contributed by atoms with Gasteiger partial charge in [-0.3, -0.25) is 4.79 Å². The van der Waals surface area contributed by atoms with E-state index in [-0.39, 0.29) is 0 Å². The van der Waals surface area contributed by atoms with Gasteiger partial charge in [-0.05, 0) is 67.3 Å². The molecule has 0 saturated carbocycles. The first-order chi connectivity index (χ1) is 11.5. The highest BCUT2D eigenvalue weighted by atomic mass is 16.5. The van der Waals surface area contributed by atoms with Gasteiger partial charge in [0.15, 0.2) is 0 Å². The van der Waals surface area contributed by atoms with Crippen LogP contribution in [0.25, 0.3) is 0 Å². The van der Waals surface area contributed by atoms with Crippen LogP contribution in [0.2, 0.25) is 0 Å². The predicted molar refractivity (Wildman–Crippen MR) is 97.4 cm³/mol. The first-order valence-corrected chi connectivity index (χ1v) is 8.33. The second-order valence-electron chi connectivity index (χ2n) is 6.45. The minimum Gasteiger partial charge on any atom is -0.457 e. The summed E-state index contributed by atoms with van der Waals surface area (Å²) >= 11 is 0. The zero-order valence-electron chi connectivity index (χ0n) is 14.6. The van der Waals surface area contributed by atoms with Gasteiger partial charge in [0.1, 0.15) is 11.5 Å². The number of primary amides is 1. The minimum atomic E-state index is -0.432. The summed E-state index contributed by atoms with van der Waals surface area (Å²) in [5.74, 6) is 1.79. The quantitative estimate of drug-likeness (QED) is 0.720. The fraction of sp³-hybridized carbons (Fsp3) is 0.350. The minimum absolute atomic E-state index is 0.432. The maximum atomic E-state index is 11.2. The highest BCUT2D eigenvalue weighted by Gasteiger charge is 2.06. The predicted octanol–water partition coefficient (Wildman–Crippen LogP) is 4.02. The van der Waals surface area contributed by atoms with Gasteiger partial charge in [0.25, 0.3) is 0 Å². The number of carbonyl (C=O) groups is 1. The van der Waals surface area contributed by atoms with E-state index in [4.69, 9.17) is 10.5 Å². The lowest BCUT2D eigenvalue weighted by Gasteiger charge is -2.11. The van der Waals surface area contributed by atoms with Gasteiger partial charge in [0.2, 0.25) is 5.91 Å². The Kier molecular flexibility index (Phi) is 6.38. The van der Waals surface area contributed by atoms with Gasteiger partial charge < -0.3 is 15.8 Å². The van der Waals surface area contributed by atoms with E-state index in [1.54, 1.807) is 18.2 Å². The van der Waals surface area contributed by atoms with Crippen molar-refractivity contribution >= 4 is 5.91 Å². The highest BCUT2D eigenvalue weighted by Crippen LogP contribution is 2.26. The maximum absolute atomic E-state index is 11.2. The average Bonchev–Trinajstić information content (AvgIpc) is 2.54. The Balaban J connectivity index is 1.93. The number of hydrogen-bond acceptors (Lipinski definition) is 3. The lowest BCUT2D eigenvalue weighted by molar-refractivity contribution is 0.1000. The number of nitrogens with two attached hydrogens (primary N) is 1. The van der Waals surface area contributed by atoms with E-state index in [0.717, 1.165) is 36.1 Å². The van der Waals surface area contributed by atoms with Crippen LogP contribution in [0.5, 0.6) is 11.5 Å². The average molecular weight is 326 g/mol. The van der Waals surface area contributed by atoms with Crippen molar-refractivity contribution in [1.82, 2.24) is 5.32 Å². The SMILES string of the molecule is Cc1cc(C(N)=O)ccc1Oc1ccc(CNCCC(C)C)cc1. The molecule has 0 aliphatic heterocycles. The Morgan fingerprint density at radius 1 is 1.17 bits per heavy atom. The third kappa shape index (κ3) is 5.39. The van der Waals surface area contributed by atoms with Crippen molar-refractivity contribution in [2.45, 2.75) is 33.7 Å². The van der Waals surface area contributed by atoms with Crippen LogP contribution in [0.15, 0.2) is 42.5 Å². The summed E-state index contributed by atoms with van der Waals surface area (Å²) in [6.45, 7) is 8.24. The summed E-state index contributed by atoms with van der Waals surface area (Å²) in [6, 6.07) is 13.2. The van der Waals surface area contributed by atoms with Gasteiger partial charge in [-0.15, -0.1) is 0 Å². The normalized spacial score (nSPS) is 10.8. The Labute approximate surface area is 144 Å². The van der Waals surface area contributed by atoms with Crippen molar-refractivity contribution in [2.75, 3.05) is 6.54 Å². The second kappa shape index (κ2) is 8.50. The van der Waals surface area contributed by atoms with Crippen LogP contribution >= 0.6 is 0 Å². The molecule has 0 spiro atoms. The first kappa shape index (κ1) is 18.0. The molecule has 0 saturated heterocycles. The van der Waals surface area contributed by atoms with E-state index in [2.05, 4.69) is 31.3 Å². The topological polar surface area (TPSA) is 64.4 Å². The van der Waals surface area contributed by atoms with Gasteiger partial charge >= 0.3 is 0 Å². The number of hydrogen-bond donors (Lipinski definition) is 2. The third-order valence-corrected chi connectivity index (χ3v) is 3.84. The van der Waals surface area contributed by atoms with Crippen LogP contribution in [0.3, 0.4) is 0 Å². The molecule has 4 heteroatoms. The molecular formula is C20H26N2O2. The van der Waals surface area contributed by atoms with Crippen LogP contribution in [-0.4, -0.2) is 12.5 Å². The van der Waals surface area contributed by atoms with Gasteiger partial charge in [0, 0.05) is 12.1 Å². The summed E-state index contributed by atoms with van der Waals surface area (Å²) < 4.78 is 5.88. The zero-order chi connectivity index (χ0) is 17.5. The number of aryl methyl sites for hydroxylation is 1. The smallest absolute Gasteiger partial charge is 0.248 e. The molecule has 128 valence electrons. The van der Waals surface area contributed by atoms with Gasteiger partial charge in [-0.25, -0.2) is 0 Å². The molecule has 2 aromatic carbocycles. The van der Waals surface area contributed by atoms with Gasteiger partial charge in [-0.2, -0.15) is 0 Å². The van der Waals surface area contributed by atoms with E-state index in [1.165, 1.54) is 12.0 Å². The lowest BCUT2D eigenvalue weighted by Crippen LogP contribution is -2.16. The van der Waals surface area contributed by atoms with Crippen LogP contribution in [0, 0.1) is 12.8 Å². The fourth-order valence-electron chi connectivity index (χ4n) is 2.34. The molecule has 0 aliphatic carbocycles. The summed E-state index contributed by atoms with van der Waals surface area (Å²) in [6.07, 6.45) is 1.18. The van der Waals surface area contributed by atoms with Crippen LogP contribution in [0.1, 0.15) is 41.8 Å². The van der Waals surface area contributed by atoms with E-state index >= 15 is 0 Å². The fourth-order valence-corrected chi connectivity index (χ4v) is 2.34. The number of rotatable bonds is 8. The molecule has 0 unspecified atom stereocenters. The van der Waals surface area contributed by atoms with E-state index < -0.39 is 5.91 Å². The van der Waals surface area contributed by atoms with Crippen LogP contribution < -0.4 is 15.8 Å². The second-order valence-corrected chi connectivity index (χ2v) is 6.45. The molecule has 2 rings (SSSR count).